The Kier molecular flexibility index (Phi) is 10.5. The van der Waals surface area contributed by atoms with Crippen LogP contribution in [0.2, 0.25) is 0 Å². The van der Waals surface area contributed by atoms with Gasteiger partial charge in [0.15, 0.2) is 5.96 Å². The first-order valence-electron chi connectivity index (χ1n) is 8.90. The summed E-state index contributed by atoms with van der Waals surface area (Å²) in [6.45, 7) is 12.3. The maximum atomic E-state index is 5.91. The summed E-state index contributed by atoms with van der Waals surface area (Å²) in [5.41, 5.74) is 0. The molecule has 2 atom stereocenters. The number of likely N-dealkylation sites (tertiary alicyclic amines) is 1. The molecular formula is C17H35IN4O2. The zero-order valence-corrected chi connectivity index (χ0v) is 18.0. The van der Waals surface area contributed by atoms with E-state index in [0.29, 0.717) is 11.8 Å². The molecule has 0 aromatic carbocycles. The molecule has 7 heteroatoms. The maximum Gasteiger partial charge on any atom is 0.193 e. The van der Waals surface area contributed by atoms with E-state index in [0.717, 1.165) is 58.4 Å². The van der Waals surface area contributed by atoms with Gasteiger partial charge in [0, 0.05) is 59.3 Å². The topological polar surface area (TPSA) is 49.3 Å². The molecule has 0 saturated carbocycles. The van der Waals surface area contributed by atoms with Gasteiger partial charge in [0.1, 0.15) is 0 Å². The third kappa shape index (κ3) is 7.01. The van der Waals surface area contributed by atoms with E-state index in [1.165, 1.54) is 6.42 Å². The molecule has 2 fully saturated rings. The minimum Gasteiger partial charge on any atom is -0.384 e. The van der Waals surface area contributed by atoms with Crippen LogP contribution in [-0.2, 0) is 9.47 Å². The first-order valence-corrected chi connectivity index (χ1v) is 8.90. The van der Waals surface area contributed by atoms with Crippen molar-refractivity contribution >= 4 is 29.9 Å². The van der Waals surface area contributed by atoms with E-state index in [1.54, 1.807) is 7.11 Å². The fraction of sp³-hybridized carbons (Fsp3) is 0.941. The molecular weight excluding hydrogens is 419 g/mol. The lowest BCUT2D eigenvalue weighted by Crippen LogP contribution is -2.50. The summed E-state index contributed by atoms with van der Waals surface area (Å²) < 4.78 is 11.2. The second-order valence-corrected chi connectivity index (χ2v) is 7.13. The summed E-state index contributed by atoms with van der Waals surface area (Å²) in [7, 11) is 3.64. The van der Waals surface area contributed by atoms with Crippen molar-refractivity contribution in [3.63, 3.8) is 0 Å². The normalized spacial score (nSPS) is 25.9. The van der Waals surface area contributed by atoms with Gasteiger partial charge in [-0.15, -0.1) is 24.0 Å². The monoisotopic (exact) mass is 454 g/mol. The highest BCUT2D eigenvalue weighted by Gasteiger charge is 2.26. The molecule has 0 aromatic rings. The molecule has 6 nitrogen and oxygen atoms in total. The number of aliphatic imine (C=N–C) groups is 1. The van der Waals surface area contributed by atoms with Crippen molar-refractivity contribution in [1.82, 2.24) is 15.1 Å². The van der Waals surface area contributed by atoms with Crippen molar-refractivity contribution in [2.24, 2.45) is 16.8 Å². The van der Waals surface area contributed by atoms with Crippen molar-refractivity contribution in [2.75, 3.05) is 66.6 Å². The molecule has 0 radical (unpaired) electrons. The third-order valence-corrected chi connectivity index (χ3v) is 4.53. The fourth-order valence-electron chi connectivity index (χ4n) is 3.52. The number of rotatable bonds is 6. The molecule has 142 valence electrons. The van der Waals surface area contributed by atoms with Crippen LogP contribution in [0.1, 0.15) is 20.3 Å². The van der Waals surface area contributed by atoms with Gasteiger partial charge in [0.2, 0.25) is 0 Å². The summed E-state index contributed by atoms with van der Waals surface area (Å²) in [4.78, 5) is 9.28. The molecule has 0 aromatic heterocycles. The molecule has 0 aliphatic carbocycles. The molecule has 1 N–H and O–H groups in total. The van der Waals surface area contributed by atoms with Crippen LogP contribution >= 0.6 is 24.0 Å². The average Bonchev–Trinajstić information content (AvgIpc) is 2.96. The summed E-state index contributed by atoms with van der Waals surface area (Å²) >= 11 is 0. The van der Waals surface area contributed by atoms with Crippen molar-refractivity contribution in [3.8, 4) is 0 Å². The number of methoxy groups -OCH3 is 1. The van der Waals surface area contributed by atoms with Crippen LogP contribution in [-0.4, -0.2) is 88.5 Å². The summed E-state index contributed by atoms with van der Waals surface area (Å²) in [5, 5.41) is 3.50. The van der Waals surface area contributed by atoms with E-state index in [4.69, 9.17) is 9.47 Å². The van der Waals surface area contributed by atoms with Crippen LogP contribution in [0.5, 0.6) is 0 Å². The van der Waals surface area contributed by atoms with Gasteiger partial charge in [-0.1, -0.05) is 13.8 Å². The smallest absolute Gasteiger partial charge is 0.193 e. The van der Waals surface area contributed by atoms with Crippen molar-refractivity contribution < 1.29 is 9.47 Å². The van der Waals surface area contributed by atoms with E-state index in [-0.39, 0.29) is 30.1 Å². The van der Waals surface area contributed by atoms with Gasteiger partial charge < -0.3 is 19.7 Å². The lowest BCUT2D eigenvalue weighted by Gasteiger charge is -2.34. The van der Waals surface area contributed by atoms with Crippen LogP contribution in [0.4, 0.5) is 0 Å². The lowest BCUT2D eigenvalue weighted by molar-refractivity contribution is -0.0286. The molecule has 2 rings (SSSR count). The van der Waals surface area contributed by atoms with E-state index in [2.05, 4.69) is 34.0 Å². The van der Waals surface area contributed by atoms with Gasteiger partial charge >= 0.3 is 0 Å². The van der Waals surface area contributed by atoms with E-state index >= 15 is 0 Å². The van der Waals surface area contributed by atoms with Crippen molar-refractivity contribution in [2.45, 2.75) is 26.4 Å². The molecule has 2 aliphatic heterocycles. The Labute approximate surface area is 164 Å². The zero-order valence-electron chi connectivity index (χ0n) is 15.7. The Balaban J connectivity index is 0.00000288. The highest BCUT2D eigenvalue weighted by atomic mass is 127. The van der Waals surface area contributed by atoms with Gasteiger partial charge in [0.05, 0.1) is 19.3 Å². The van der Waals surface area contributed by atoms with Gasteiger partial charge in [0.25, 0.3) is 0 Å². The Morgan fingerprint density at radius 2 is 2.12 bits per heavy atom. The molecule has 24 heavy (non-hydrogen) atoms. The van der Waals surface area contributed by atoms with E-state index < -0.39 is 0 Å². The highest BCUT2D eigenvalue weighted by molar-refractivity contribution is 14.0. The van der Waals surface area contributed by atoms with E-state index in [9.17, 15) is 0 Å². The van der Waals surface area contributed by atoms with Crippen LogP contribution in [0, 0.1) is 11.8 Å². The molecule has 0 spiro atoms. The minimum atomic E-state index is 0. The molecule has 2 heterocycles. The van der Waals surface area contributed by atoms with E-state index in [1.807, 2.05) is 7.05 Å². The number of hydrogen-bond donors (Lipinski definition) is 1. The number of ether oxygens (including phenoxy) is 2. The number of halogens is 1. The molecule has 2 unspecified atom stereocenters. The molecule has 2 aliphatic rings. The standard InChI is InChI=1S/C17H34N4O2.HI/c1-14(2)10-20-7-8-23-16(12-20)9-19-17(18-3)21-6-5-15(11-21)13-22-4;/h14-16H,5-13H2,1-4H3,(H,18,19);1H. The number of morpholine rings is 1. The van der Waals surface area contributed by atoms with Crippen molar-refractivity contribution in [1.29, 1.82) is 0 Å². The van der Waals surface area contributed by atoms with Crippen molar-refractivity contribution in [3.05, 3.63) is 0 Å². The van der Waals surface area contributed by atoms with Gasteiger partial charge in [-0.25, -0.2) is 0 Å². The van der Waals surface area contributed by atoms with Crippen LogP contribution in [0.15, 0.2) is 4.99 Å². The van der Waals surface area contributed by atoms with Gasteiger partial charge in [-0.3, -0.25) is 9.89 Å². The second kappa shape index (κ2) is 11.5. The molecule has 0 amide bonds. The summed E-state index contributed by atoms with van der Waals surface area (Å²) in [6, 6.07) is 0. The maximum absolute atomic E-state index is 5.91. The summed E-state index contributed by atoms with van der Waals surface area (Å²) in [5.74, 6) is 2.32. The Bertz CT molecular complexity index is 382. The van der Waals surface area contributed by atoms with Gasteiger partial charge in [-0.2, -0.15) is 0 Å². The predicted octanol–water partition coefficient (Wildman–Crippen LogP) is 1.50. The fourth-order valence-corrected chi connectivity index (χ4v) is 3.52. The Morgan fingerprint density at radius 1 is 1.33 bits per heavy atom. The van der Waals surface area contributed by atoms with Crippen LogP contribution < -0.4 is 5.32 Å². The Morgan fingerprint density at radius 3 is 2.79 bits per heavy atom. The number of hydrogen-bond acceptors (Lipinski definition) is 4. The highest BCUT2D eigenvalue weighted by Crippen LogP contribution is 2.16. The lowest BCUT2D eigenvalue weighted by atomic mass is 10.1. The number of nitrogens with zero attached hydrogens (tertiary/aromatic N) is 3. The van der Waals surface area contributed by atoms with Crippen LogP contribution in [0.25, 0.3) is 0 Å². The van der Waals surface area contributed by atoms with Gasteiger partial charge in [-0.05, 0) is 12.3 Å². The number of guanidine groups is 1. The Hall–Kier alpha value is -0.120. The average molecular weight is 454 g/mol. The first-order chi connectivity index (χ1) is 11.1. The quantitative estimate of drug-likeness (QED) is 0.375. The largest absolute Gasteiger partial charge is 0.384 e. The second-order valence-electron chi connectivity index (χ2n) is 7.13. The summed E-state index contributed by atoms with van der Waals surface area (Å²) in [6.07, 6.45) is 1.42. The SMILES string of the molecule is CN=C(NCC1CN(CC(C)C)CCO1)N1CCC(COC)C1.I. The van der Waals surface area contributed by atoms with Crippen LogP contribution in [0.3, 0.4) is 0 Å². The predicted molar refractivity (Wildman–Crippen MR) is 109 cm³/mol. The number of nitrogens with one attached hydrogen (secondary N) is 1. The molecule has 0 bridgehead atoms. The zero-order chi connectivity index (χ0) is 16.7. The minimum absolute atomic E-state index is 0. The third-order valence-electron chi connectivity index (χ3n) is 4.53. The molecule has 2 saturated heterocycles. The first kappa shape index (κ1) is 21.9.